The molecule has 16 heavy (non-hydrogen) atoms. The van der Waals surface area contributed by atoms with Crippen molar-refractivity contribution in [3.63, 3.8) is 0 Å². The van der Waals surface area contributed by atoms with E-state index in [0.29, 0.717) is 10.6 Å². The van der Waals surface area contributed by atoms with Crippen LogP contribution in [0.25, 0.3) is 0 Å². The van der Waals surface area contributed by atoms with Gasteiger partial charge < -0.3 is 10.1 Å². The Labute approximate surface area is 97.5 Å². The van der Waals surface area contributed by atoms with E-state index >= 15 is 0 Å². The second-order valence-electron chi connectivity index (χ2n) is 3.62. The number of ether oxygens (including phenoxy) is 1. The summed E-state index contributed by atoms with van der Waals surface area (Å²) >= 11 is 5.79. The predicted molar refractivity (Wildman–Crippen MR) is 59.6 cm³/mol. The molecule has 6 heteroatoms. The Bertz CT molecular complexity index is 407. The zero-order valence-corrected chi connectivity index (χ0v) is 9.24. The molecule has 0 atom stereocenters. The summed E-state index contributed by atoms with van der Waals surface area (Å²) in [7, 11) is 0. The number of rotatable bonds is 4. The zero-order valence-electron chi connectivity index (χ0n) is 8.48. The number of hydrogen-bond acceptors (Lipinski definition) is 4. The summed E-state index contributed by atoms with van der Waals surface area (Å²) in [4.78, 5) is 10.3. The Balaban J connectivity index is 2.09. The minimum absolute atomic E-state index is 0.0525. The van der Waals surface area contributed by atoms with Crippen molar-refractivity contribution >= 4 is 17.3 Å². The topological polar surface area (TPSA) is 64.4 Å². The molecule has 86 valence electrons. The van der Waals surface area contributed by atoms with Crippen LogP contribution in [-0.2, 0) is 11.3 Å². The molecule has 0 amide bonds. The Hall–Kier alpha value is -1.17. The highest BCUT2D eigenvalue weighted by molar-refractivity contribution is 6.30. The van der Waals surface area contributed by atoms with E-state index in [1.54, 1.807) is 6.07 Å². The summed E-state index contributed by atoms with van der Waals surface area (Å²) in [5.74, 6) is 0. The van der Waals surface area contributed by atoms with Crippen LogP contribution in [0.15, 0.2) is 18.2 Å². The van der Waals surface area contributed by atoms with Gasteiger partial charge in [-0.1, -0.05) is 11.6 Å². The van der Waals surface area contributed by atoms with Gasteiger partial charge in [-0.15, -0.1) is 0 Å². The molecule has 0 bridgehead atoms. The number of nitro benzene ring substituents is 1. The third-order valence-electron chi connectivity index (χ3n) is 2.46. The number of nitrogens with zero attached hydrogens (tertiary/aromatic N) is 1. The summed E-state index contributed by atoms with van der Waals surface area (Å²) in [5, 5.41) is 14.3. The molecule has 0 radical (unpaired) electrons. The van der Waals surface area contributed by atoms with Gasteiger partial charge in [0.15, 0.2) is 0 Å². The van der Waals surface area contributed by atoms with E-state index in [9.17, 15) is 10.1 Å². The fourth-order valence-electron chi connectivity index (χ4n) is 1.44. The second-order valence-corrected chi connectivity index (χ2v) is 4.06. The molecule has 0 aliphatic carbocycles. The number of hydrogen-bond donors (Lipinski definition) is 1. The monoisotopic (exact) mass is 242 g/mol. The van der Waals surface area contributed by atoms with E-state index < -0.39 is 4.92 Å². The van der Waals surface area contributed by atoms with Crippen LogP contribution in [0.3, 0.4) is 0 Å². The van der Waals surface area contributed by atoms with Crippen molar-refractivity contribution in [3.05, 3.63) is 38.9 Å². The third kappa shape index (κ3) is 2.49. The maximum atomic E-state index is 10.8. The highest BCUT2D eigenvalue weighted by Crippen LogP contribution is 2.23. The second kappa shape index (κ2) is 4.78. The first-order valence-electron chi connectivity index (χ1n) is 4.92. The number of benzene rings is 1. The molecule has 1 aromatic carbocycles. The van der Waals surface area contributed by atoms with Crippen molar-refractivity contribution in [1.82, 2.24) is 5.32 Å². The normalized spacial score (nSPS) is 15.8. The molecule has 0 saturated carbocycles. The molecule has 1 N–H and O–H groups in total. The van der Waals surface area contributed by atoms with Crippen LogP contribution in [0.4, 0.5) is 5.69 Å². The van der Waals surface area contributed by atoms with Crippen LogP contribution in [0, 0.1) is 10.1 Å². The molecule has 0 spiro atoms. The van der Waals surface area contributed by atoms with Gasteiger partial charge in [0, 0.05) is 24.2 Å². The first-order valence-corrected chi connectivity index (χ1v) is 5.30. The molecular formula is C10H11ClN2O3. The first kappa shape index (κ1) is 11.3. The Kier molecular flexibility index (Phi) is 3.38. The lowest BCUT2D eigenvalue weighted by molar-refractivity contribution is -0.386. The average Bonchev–Trinajstić information content (AvgIpc) is 2.14. The number of nitrogens with one attached hydrogen (secondary N) is 1. The SMILES string of the molecule is O=[N+]([O-])c1ccc(Cl)cc1COC1CNC1. The van der Waals surface area contributed by atoms with Crippen LogP contribution in [0.1, 0.15) is 5.56 Å². The van der Waals surface area contributed by atoms with Gasteiger partial charge in [-0.05, 0) is 12.1 Å². The molecule has 1 aromatic rings. The van der Waals surface area contributed by atoms with Crippen molar-refractivity contribution in [2.45, 2.75) is 12.7 Å². The summed E-state index contributed by atoms with van der Waals surface area (Å²) in [5.41, 5.74) is 0.570. The lowest BCUT2D eigenvalue weighted by Crippen LogP contribution is -2.48. The fourth-order valence-corrected chi connectivity index (χ4v) is 1.63. The van der Waals surface area contributed by atoms with Gasteiger partial charge in [0.05, 0.1) is 23.2 Å². The van der Waals surface area contributed by atoms with Gasteiger partial charge >= 0.3 is 0 Å². The van der Waals surface area contributed by atoms with Gasteiger partial charge in [-0.3, -0.25) is 10.1 Å². The number of halogens is 1. The van der Waals surface area contributed by atoms with Crippen LogP contribution in [0.2, 0.25) is 5.02 Å². The molecule has 1 aliphatic heterocycles. The van der Waals surface area contributed by atoms with Crippen molar-refractivity contribution < 1.29 is 9.66 Å². The van der Waals surface area contributed by atoms with Gasteiger partial charge in [0.2, 0.25) is 0 Å². The lowest BCUT2D eigenvalue weighted by atomic mass is 10.2. The van der Waals surface area contributed by atoms with Crippen molar-refractivity contribution in [1.29, 1.82) is 0 Å². The highest BCUT2D eigenvalue weighted by Gasteiger charge is 2.20. The summed E-state index contributed by atoms with van der Waals surface area (Å²) < 4.78 is 5.48. The quantitative estimate of drug-likeness (QED) is 0.645. The van der Waals surface area contributed by atoms with Gasteiger partial charge in [-0.2, -0.15) is 0 Å². The highest BCUT2D eigenvalue weighted by atomic mass is 35.5. The van der Waals surface area contributed by atoms with E-state index in [4.69, 9.17) is 16.3 Å². The lowest BCUT2D eigenvalue weighted by Gasteiger charge is -2.27. The zero-order chi connectivity index (χ0) is 11.5. The van der Waals surface area contributed by atoms with Crippen molar-refractivity contribution in [3.8, 4) is 0 Å². The van der Waals surface area contributed by atoms with Crippen LogP contribution >= 0.6 is 11.6 Å². The summed E-state index contributed by atoms with van der Waals surface area (Å²) in [6.45, 7) is 1.83. The Morgan fingerprint density at radius 1 is 1.56 bits per heavy atom. The maximum Gasteiger partial charge on any atom is 0.275 e. The average molecular weight is 243 g/mol. The largest absolute Gasteiger partial charge is 0.371 e. The van der Waals surface area contributed by atoms with E-state index in [2.05, 4.69) is 5.32 Å². The maximum absolute atomic E-state index is 10.8. The minimum atomic E-state index is -0.423. The summed E-state index contributed by atoms with van der Waals surface area (Å²) in [6, 6.07) is 4.49. The fraction of sp³-hybridized carbons (Fsp3) is 0.400. The van der Waals surface area contributed by atoms with E-state index in [0.717, 1.165) is 13.1 Å². The van der Waals surface area contributed by atoms with Crippen LogP contribution in [-0.4, -0.2) is 24.1 Å². The molecule has 0 unspecified atom stereocenters. The van der Waals surface area contributed by atoms with Crippen molar-refractivity contribution in [2.75, 3.05) is 13.1 Å². The molecule has 1 aliphatic rings. The minimum Gasteiger partial charge on any atom is -0.371 e. The predicted octanol–water partition coefficient (Wildman–Crippen LogP) is 1.74. The summed E-state index contributed by atoms with van der Waals surface area (Å²) in [6.07, 6.45) is 0.151. The molecule has 2 rings (SSSR count). The van der Waals surface area contributed by atoms with E-state index in [1.807, 2.05) is 0 Å². The standard InChI is InChI=1S/C10H11ClN2O3/c11-8-1-2-10(13(14)15)7(3-8)6-16-9-4-12-5-9/h1-3,9,12H,4-6H2. The molecule has 1 saturated heterocycles. The smallest absolute Gasteiger partial charge is 0.275 e. The molecule has 1 heterocycles. The number of nitro groups is 1. The van der Waals surface area contributed by atoms with Gasteiger partial charge in [0.25, 0.3) is 5.69 Å². The van der Waals surface area contributed by atoms with Crippen LogP contribution < -0.4 is 5.32 Å². The van der Waals surface area contributed by atoms with Gasteiger partial charge in [0.1, 0.15) is 0 Å². The Morgan fingerprint density at radius 2 is 2.31 bits per heavy atom. The van der Waals surface area contributed by atoms with E-state index in [1.165, 1.54) is 12.1 Å². The van der Waals surface area contributed by atoms with Crippen molar-refractivity contribution in [2.24, 2.45) is 0 Å². The molecular weight excluding hydrogens is 232 g/mol. The van der Waals surface area contributed by atoms with Gasteiger partial charge in [-0.25, -0.2) is 0 Å². The third-order valence-corrected chi connectivity index (χ3v) is 2.69. The molecule has 1 fully saturated rings. The molecule has 0 aromatic heterocycles. The Morgan fingerprint density at radius 3 is 2.88 bits per heavy atom. The molecule has 5 nitrogen and oxygen atoms in total. The van der Waals surface area contributed by atoms with Crippen LogP contribution in [0.5, 0.6) is 0 Å². The van der Waals surface area contributed by atoms with E-state index in [-0.39, 0.29) is 18.4 Å². The first-order chi connectivity index (χ1) is 7.66.